The van der Waals surface area contributed by atoms with E-state index in [2.05, 4.69) is 38.1 Å². The molecule has 0 atom stereocenters. The molecule has 0 N–H and O–H groups in total. The molecule has 0 aliphatic carbocycles. The van der Waals surface area contributed by atoms with Crippen LogP contribution < -0.4 is 5.56 Å². The lowest BCUT2D eigenvalue weighted by Gasteiger charge is -2.11. The predicted octanol–water partition coefficient (Wildman–Crippen LogP) is 5.14. The van der Waals surface area contributed by atoms with Gasteiger partial charge in [0.1, 0.15) is 5.65 Å². The second-order valence-corrected chi connectivity index (χ2v) is 7.51. The standard InChI is InChI=1S/C25H21N3O/c1-16-8-7-11-20(17(16)2)19-12-13-21-23(14-19)28-24(27(3)25(21)29)15-22(26-28)18-9-5-4-6-10-18/h4-15H,1-3H3. The van der Waals surface area contributed by atoms with Crippen molar-refractivity contribution in [2.24, 2.45) is 7.05 Å². The van der Waals surface area contributed by atoms with Crippen LogP contribution in [0.3, 0.4) is 0 Å². The smallest absolute Gasteiger partial charge is 0.261 e. The van der Waals surface area contributed by atoms with Gasteiger partial charge in [0.15, 0.2) is 0 Å². The molecule has 142 valence electrons. The van der Waals surface area contributed by atoms with Crippen LogP contribution >= 0.6 is 0 Å². The van der Waals surface area contributed by atoms with Crippen molar-refractivity contribution in [1.82, 2.24) is 14.2 Å². The molecule has 2 aromatic heterocycles. The third-order valence-electron chi connectivity index (χ3n) is 5.78. The Hall–Kier alpha value is -3.66. The summed E-state index contributed by atoms with van der Waals surface area (Å²) in [6.45, 7) is 4.25. The van der Waals surface area contributed by atoms with Gasteiger partial charge in [0.2, 0.25) is 0 Å². The molecule has 0 aliphatic heterocycles. The van der Waals surface area contributed by atoms with Crippen LogP contribution in [0.25, 0.3) is 38.9 Å². The van der Waals surface area contributed by atoms with Crippen LogP contribution in [-0.2, 0) is 7.05 Å². The lowest BCUT2D eigenvalue weighted by molar-refractivity contribution is 0.850. The maximum Gasteiger partial charge on any atom is 0.261 e. The largest absolute Gasteiger partial charge is 0.296 e. The first-order chi connectivity index (χ1) is 14.0. The van der Waals surface area contributed by atoms with Gasteiger partial charge in [-0.2, -0.15) is 5.10 Å². The van der Waals surface area contributed by atoms with E-state index in [1.807, 2.05) is 53.0 Å². The Morgan fingerprint density at radius 1 is 0.828 bits per heavy atom. The molecular formula is C25H21N3O. The number of hydrogen-bond acceptors (Lipinski definition) is 2. The molecule has 0 saturated carbocycles. The molecule has 0 radical (unpaired) electrons. The average Bonchev–Trinajstić information content (AvgIpc) is 3.20. The Morgan fingerprint density at radius 2 is 1.62 bits per heavy atom. The summed E-state index contributed by atoms with van der Waals surface area (Å²) in [6.07, 6.45) is 0. The molecule has 0 saturated heterocycles. The second-order valence-electron chi connectivity index (χ2n) is 7.51. The molecule has 4 nitrogen and oxygen atoms in total. The van der Waals surface area contributed by atoms with Gasteiger partial charge in [-0.3, -0.25) is 9.36 Å². The minimum absolute atomic E-state index is 0.0143. The Morgan fingerprint density at radius 3 is 2.41 bits per heavy atom. The first kappa shape index (κ1) is 17.4. The maximum atomic E-state index is 13.0. The molecule has 0 aliphatic rings. The van der Waals surface area contributed by atoms with Gasteiger partial charge in [0, 0.05) is 18.7 Å². The fourth-order valence-corrected chi connectivity index (χ4v) is 3.94. The lowest BCUT2D eigenvalue weighted by atomic mass is 9.96. The van der Waals surface area contributed by atoms with Gasteiger partial charge in [-0.15, -0.1) is 0 Å². The SMILES string of the molecule is Cc1cccc(-c2ccc3c(=O)n(C)c4cc(-c5ccccc5)nn4c3c2)c1C. The van der Waals surface area contributed by atoms with Crippen LogP contribution in [0.4, 0.5) is 0 Å². The van der Waals surface area contributed by atoms with Crippen molar-refractivity contribution in [2.45, 2.75) is 13.8 Å². The summed E-state index contributed by atoms with van der Waals surface area (Å²) in [5.41, 5.74) is 8.23. The number of rotatable bonds is 2. The predicted molar refractivity (Wildman–Crippen MR) is 118 cm³/mol. The van der Waals surface area contributed by atoms with Gasteiger partial charge >= 0.3 is 0 Å². The zero-order chi connectivity index (χ0) is 20.1. The van der Waals surface area contributed by atoms with E-state index in [0.29, 0.717) is 5.39 Å². The first-order valence-corrected chi connectivity index (χ1v) is 9.69. The molecule has 0 fully saturated rings. The number of fused-ring (bicyclic) bond motifs is 3. The van der Waals surface area contributed by atoms with E-state index in [-0.39, 0.29) is 5.56 Å². The molecule has 29 heavy (non-hydrogen) atoms. The molecular weight excluding hydrogens is 358 g/mol. The number of benzene rings is 3. The van der Waals surface area contributed by atoms with Crippen LogP contribution in [0.1, 0.15) is 11.1 Å². The molecule has 5 aromatic rings. The molecule has 0 unspecified atom stereocenters. The van der Waals surface area contributed by atoms with E-state index in [0.717, 1.165) is 28.0 Å². The van der Waals surface area contributed by atoms with Crippen molar-refractivity contribution in [3.05, 3.63) is 94.3 Å². The van der Waals surface area contributed by atoms with Crippen LogP contribution in [0.2, 0.25) is 0 Å². The molecule has 3 aromatic carbocycles. The first-order valence-electron chi connectivity index (χ1n) is 9.69. The number of aryl methyl sites for hydroxylation is 2. The molecule has 4 heteroatoms. The summed E-state index contributed by atoms with van der Waals surface area (Å²) in [6, 6.07) is 24.3. The summed E-state index contributed by atoms with van der Waals surface area (Å²) < 4.78 is 3.55. The molecule has 2 heterocycles. The normalized spacial score (nSPS) is 11.4. The van der Waals surface area contributed by atoms with Gasteiger partial charge in [-0.1, -0.05) is 54.6 Å². The second kappa shape index (κ2) is 6.45. The van der Waals surface area contributed by atoms with Crippen molar-refractivity contribution in [3.63, 3.8) is 0 Å². The zero-order valence-corrected chi connectivity index (χ0v) is 16.7. The maximum absolute atomic E-state index is 13.0. The van der Waals surface area contributed by atoms with Gasteiger partial charge in [-0.25, -0.2) is 4.52 Å². The summed E-state index contributed by atoms with van der Waals surface area (Å²) in [7, 11) is 1.80. The number of nitrogens with zero attached hydrogens (tertiary/aromatic N) is 3. The van der Waals surface area contributed by atoms with Crippen molar-refractivity contribution in [3.8, 4) is 22.4 Å². The van der Waals surface area contributed by atoms with Gasteiger partial charge in [0.05, 0.1) is 16.6 Å². The quantitative estimate of drug-likeness (QED) is 0.426. The zero-order valence-electron chi connectivity index (χ0n) is 16.7. The van der Waals surface area contributed by atoms with Gasteiger partial charge in [-0.05, 0) is 48.2 Å². The van der Waals surface area contributed by atoms with Crippen LogP contribution in [0.5, 0.6) is 0 Å². The highest BCUT2D eigenvalue weighted by atomic mass is 16.1. The van der Waals surface area contributed by atoms with Crippen LogP contribution in [0, 0.1) is 13.8 Å². The van der Waals surface area contributed by atoms with Gasteiger partial charge in [0.25, 0.3) is 5.56 Å². The Kier molecular flexibility index (Phi) is 3.88. The monoisotopic (exact) mass is 379 g/mol. The minimum Gasteiger partial charge on any atom is -0.296 e. The van der Waals surface area contributed by atoms with Crippen molar-refractivity contribution >= 4 is 16.6 Å². The summed E-state index contributed by atoms with van der Waals surface area (Å²) >= 11 is 0. The van der Waals surface area contributed by atoms with Crippen molar-refractivity contribution in [2.75, 3.05) is 0 Å². The molecule has 0 amide bonds. The third-order valence-corrected chi connectivity index (χ3v) is 5.78. The Balaban J connectivity index is 1.83. The topological polar surface area (TPSA) is 39.3 Å². The third kappa shape index (κ3) is 2.68. The van der Waals surface area contributed by atoms with Crippen molar-refractivity contribution in [1.29, 1.82) is 0 Å². The van der Waals surface area contributed by atoms with E-state index in [9.17, 15) is 4.79 Å². The average molecular weight is 379 g/mol. The van der Waals surface area contributed by atoms with Gasteiger partial charge < -0.3 is 0 Å². The highest BCUT2D eigenvalue weighted by Crippen LogP contribution is 2.29. The van der Waals surface area contributed by atoms with Crippen LogP contribution in [0.15, 0.2) is 77.6 Å². The highest BCUT2D eigenvalue weighted by Gasteiger charge is 2.14. The summed E-state index contributed by atoms with van der Waals surface area (Å²) in [4.78, 5) is 13.0. The van der Waals surface area contributed by atoms with E-state index in [4.69, 9.17) is 5.10 Å². The fraction of sp³-hybridized carbons (Fsp3) is 0.120. The van der Waals surface area contributed by atoms with E-state index < -0.39 is 0 Å². The Labute approximate surface area is 168 Å². The molecule has 0 spiro atoms. The number of hydrogen-bond donors (Lipinski definition) is 0. The van der Waals surface area contributed by atoms with Crippen molar-refractivity contribution < 1.29 is 0 Å². The summed E-state index contributed by atoms with van der Waals surface area (Å²) in [5, 5.41) is 5.51. The molecule has 0 bridgehead atoms. The highest BCUT2D eigenvalue weighted by molar-refractivity contribution is 5.87. The van der Waals surface area contributed by atoms with E-state index in [1.54, 1.807) is 11.6 Å². The Bertz CT molecular complexity index is 1440. The van der Waals surface area contributed by atoms with E-state index >= 15 is 0 Å². The van der Waals surface area contributed by atoms with Crippen LogP contribution in [-0.4, -0.2) is 14.2 Å². The van der Waals surface area contributed by atoms with E-state index in [1.165, 1.54) is 16.7 Å². The minimum atomic E-state index is -0.0143. The lowest BCUT2D eigenvalue weighted by Crippen LogP contribution is -2.19. The number of aromatic nitrogens is 3. The fourth-order valence-electron chi connectivity index (χ4n) is 3.94. The molecule has 5 rings (SSSR count). The summed E-state index contributed by atoms with van der Waals surface area (Å²) in [5.74, 6) is 0.